The molecule has 2 unspecified atom stereocenters. The van der Waals surface area contributed by atoms with Crippen molar-refractivity contribution < 1.29 is 4.79 Å². The quantitative estimate of drug-likeness (QED) is 0.870. The van der Waals surface area contributed by atoms with Crippen molar-refractivity contribution in [2.24, 2.45) is 17.1 Å². The molecule has 3 N–H and O–H groups in total. The molecule has 0 aliphatic heterocycles. The summed E-state index contributed by atoms with van der Waals surface area (Å²) in [5, 5.41) is 2.96. The lowest BCUT2D eigenvalue weighted by Crippen LogP contribution is -2.39. The van der Waals surface area contributed by atoms with Crippen molar-refractivity contribution in [3.05, 3.63) is 35.4 Å². The highest BCUT2D eigenvalue weighted by Gasteiger charge is 2.26. The fourth-order valence-electron chi connectivity index (χ4n) is 2.00. The second-order valence-corrected chi connectivity index (χ2v) is 7.26. The summed E-state index contributed by atoms with van der Waals surface area (Å²) in [6.07, 6.45) is 0. The molecule has 0 heterocycles. The van der Waals surface area contributed by atoms with Crippen LogP contribution in [0.15, 0.2) is 24.3 Å². The minimum Gasteiger partial charge on any atom is -0.354 e. The minimum atomic E-state index is -0.165. The molecule has 3 nitrogen and oxygen atoms in total. The summed E-state index contributed by atoms with van der Waals surface area (Å²) in [4.78, 5) is 12.1. The SMILES string of the molecule is CC(C)c1ccc(C(N)CNC(=O)C(C)C(C)(C)C)cc1. The highest BCUT2D eigenvalue weighted by atomic mass is 16.1. The molecule has 0 saturated carbocycles. The molecule has 0 aromatic heterocycles. The normalized spacial score (nSPS) is 14.9. The maximum absolute atomic E-state index is 12.1. The van der Waals surface area contributed by atoms with Crippen LogP contribution in [0.1, 0.15) is 64.6 Å². The first kappa shape index (κ1) is 17.7. The highest BCUT2D eigenvalue weighted by Crippen LogP contribution is 2.25. The van der Waals surface area contributed by atoms with Crippen LogP contribution < -0.4 is 11.1 Å². The summed E-state index contributed by atoms with van der Waals surface area (Å²) in [5.41, 5.74) is 8.49. The number of amides is 1. The summed E-state index contributed by atoms with van der Waals surface area (Å²) < 4.78 is 0. The Morgan fingerprint density at radius 1 is 1.10 bits per heavy atom. The smallest absolute Gasteiger partial charge is 0.223 e. The van der Waals surface area contributed by atoms with Gasteiger partial charge in [-0.05, 0) is 22.5 Å². The van der Waals surface area contributed by atoms with Gasteiger partial charge in [-0.1, -0.05) is 65.8 Å². The average molecular weight is 290 g/mol. The molecule has 21 heavy (non-hydrogen) atoms. The maximum Gasteiger partial charge on any atom is 0.223 e. The summed E-state index contributed by atoms with van der Waals surface area (Å²) in [5.74, 6) is 0.549. The van der Waals surface area contributed by atoms with E-state index in [4.69, 9.17) is 5.73 Å². The van der Waals surface area contributed by atoms with Gasteiger partial charge in [0.2, 0.25) is 5.91 Å². The van der Waals surface area contributed by atoms with E-state index in [-0.39, 0.29) is 23.3 Å². The zero-order chi connectivity index (χ0) is 16.2. The van der Waals surface area contributed by atoms with Gasteiger partial charge in [-0.3, -0.25) is 4.79 Å². The van der Waals surface area contributed by atoms with Crippen LogP contribution >= 0.6 is 0 Å². The molecule has 118 valence electrons. The first-order chi connectivity index (χ1) is 9.62. The number of hydrogen-bond acceptors (Lipinski definition) is 2. The van der Waals surface area contributed by atoms with Crippen LogP contribution in [-0.2, 0) is 4.79 Å². The number of carbonyl (C=O) groups excluding carboxylic acids is 1. The van der Waals surface area contributed by atoms with E-state index in [9.17, 15) is 4.79 Å². The number of carbonyl (C=O) groups is 1. The van der Waals surface area contributed by atoms with E-state index in [0.29, 0.717) is 12.5 Å². The van der Waals surface area contributed by atoms with Gasteiger partial charge in [0, 0.05) is 18.5 Å². The van der Waals surface area contributed by atoms with Gasteiger partial charge in [0.1, 0.15) is 0 Å². The van der Waals surface area contributed by atoms with Crippen molar-refractivity contribution >= 4 is 5.91 Å². The fraction of sp³-hybridized carbons (Fsp3) is 0.611. The lowest BCUT2D eigenvalue weighted by Gasteiger charge is -2.26. The minimum absolute atomic E-state index is 0.0342. The van der Waals surface area contributed by atoms with Gasteiger partial charge in [-0.15, -0.1) is 0 Å². The Morgan fingerprint density at radius 3 is 2.00 bits per heavy atom. The molecule has 2 atom stereocenters. The Morgan fingerprint density at radius 2 is 1.57 bits per heavy atom. The van der Waals surface area contributed by atoms with Crippen LogP contribution in [0.3, 0.4) is 0 Å². The molecule has 1 aromatic carbocycles. The number of hydrogen-bond donors (Lipinski definition) is 2. The predicted octanol–water partition coefficient (Wildman–Crippen LogP) is 3.61. The van der Waals surface area contributed by atoms with Crippen molar-refractivity contribution in [2.75, 3.05) is 6.54 Å². The Labute approximate surface area is 129 Å². The van der Waals surface area contributed by atoms with Gasteiger partial charge in [0.15, 0.2) is 0 Å². The molecule has 1 rings (SSSR count). The van der Waals surface area contributed by atoms with Crippen molar-refractivity contribution in [1.29, 1.82) is 0 Å². The van der Waals surface area contributed by atoms with Crippen LogP contribution in [0.2, 0.25) is 0 Å². The molecule has 0 aliphatic rings. The van der Waals surface area contributed by atoms with Crippen LogP contribution in [0.4, 0.5) is 0 Å². The molecular weight excluding hydrogens is 260 g/mol. The predicted molar refractivity (Wildman–Crippen MR) is 89.1 cm³/mol. The van der Waals surface area contributed by atoms with E-state index in [1.54, 1.807) is 0 Å². The van der Waals surface area contributed by atoms with Crippen molar-refractivity contribution in [1.82, 2.24) is 5.32 Å². The van der Waals surface area contributed by atoms with Crippen LogP contribution in [-0.4, -0.2) is 12.5 Å². The van der Waals surface area contributed by atoms with E-state index >= 15 is 0 Å². The van der Waals surface area contributed by atoms with Crippen molar-refractivity contribution in [3.8, 4) is 0 Å². The van der Waals surface area contributed by atoms with E-state index in [1.807, 2.05) is 6.92 Å². The molecule has 0 saturated heterocycles. The Balaban J connectivity index is 2.57. The largest absolute Gasteiger partial charge is 0.354 e. The lowest BCUT2D eigenvalue weighted by atomic mass is 9.81. The molecule has 0 bridgehead atoms. The zero-order valence-corrected chi connectivity index (χ0v) is 14.2. The summed E-state index contributed by atoms with van der Waals surface area (Å²) in [7, 11) is 0. The van der Waals surface area contributed by atoms with Gasteiger partial charge in [-0.25, -0.2) is 0 Å². The van der Waals surface area contributed by atoms with Crippen LogP contribution in [0.5, 0.6) is 0 Å². The van der Waals surface area contributed by atoms with Crippen molar-refractivity contribution in [3.63, 3.8) is 0 Å². The summed E-state index contributed by atoms with van der Waals surface area (Å²) in [6, 6.07) is 8.17. The van der Waals surface area contributed by atoms with Gasteiger partial charge in [0.05, 0.1) is 0 Å². The maximum atomic E-state index is 12.1. The number of rotatable bonds is 5. The van der Waals surface area contributed by atoms with Crippen LogP contribution in [0, 0.1) is 11.3 Å². The molecule has 0 spiro atoms. The number of nitrogens with two attached hydrogens (primary N) is 1. The van der Waals surface area contributed by atoms with Gasteiger partial charge >= 0.3 is 0 Å². The highest BCUT2D eigenvalue weighted by molar-refractivity contribution is 5.79. The second-order valence-electron chi connectivity index (χ2n) is 7.26. The van der Waals surface area contributed by atoms with Gasteiger partial charge < -0.3 is 11.1 Å². The monoisotopic (exact) mass is 290 g/mol. The third kappa shape index (κ3) is 5.16. The zero-order valence-electron chi connectivity index (χ0n) is 14.2. The standard InChI is InChI=1S/C18H30N2O/c1-12(2)14-7-9-15(10-8-14)16(19)11-20-17(21)13(3)18(4,5)6/h7-10,12-13,16H,11,19H2,1-6H3,(H,20,21). The second kappa shape index (κ2) is 7.08. The first-order valence-electron chi connectivity index (χ1n) is 7.76. The van der Waals surface area contributed by atoms with E-state index in [1.165, 1.54) is 5.56 Å². The number of nitrogens with one attached hydrogen (secondary N) is 1. The Bertz CT molecular complexity index is 457. The average Bonchev–Trinajstić information content (AvgIpc) is 2.42. The first-order valence-corrected chi connectivity index (χ1v) is 7.76. The molecule has 1 aromatic rings. The van der Waals surface area contributed by atoms with Gasteiger partial charge in [-0.2, -0.15) is 0 Å². The third-order valence-electron chi connectivity index (χ3n) is 4.22. The van der Waals surface area contributed by atoms with E-state index in [0.717, 1.165) is 5.56 Å². The molecule has 0 fully saturated rings. The topological polar surface area (TPSA) is 55.1 Å². The van der Waals surface area contributed by atoms with Gasteiger partial charge in [0.25, 0.3) is 0 Å². The molecule has 0 aliphatic carbocycles. The molecule has 1 amide bonds. The van der Waals surface area contributed by atoms with Crippen molar-refractivity contribution in [2.45, 2.75) is 53.5 Å². The summed E-state index contributed by atoms with van der Waals surface area (Å²) >= 11 is 0. The van der Waals surface area contributed by atoms with E-state index < -0.39 is 0 Å². The summed E-state index contributed by atoms with van der Waals surface area (Å²) in [6.45, 7) is 13.0. The van der Waals surface area contributed by atoms with Crippen LogP contribution in [0.25, 0.3) is 0 Å². The molecular formula is C18H30N2O. The Hall–Kier alpha value is -1.35. The fourth-order valence-corrected chi connectivity index (χ4v) is 2.00. The Kier molecular flexibility index (Phi) is 5.97. The van der Waals surface area contributed by atoms with E-state index in [2.05, 4.69) is 64.2 Å². The number of benzene rings is 1. The molecule has 0 radical (unpaired) electrons. The molecule has 3 heteroatoms. The third-order valence-corrected chi connectivity index (χ3v) is 4.22. The lowest BCUT2D eigenvalue weighted by molar-refractivity contribution is -0.127.